The van der Waals surface area contributed by atoms with Gasteiger partial charge in [-0.15, -0.1) is 0 Å². The van der Waals surface area contributed by atoms with Crippen LogP contribution in [0.1, 0.15) is 19.4 Å². The average Bonchev–Trinajstić information content (AvgIpc) is 2.56. The predicted molar refractivity (Wildman–Crippen MR) is 85.8 cm³/mol. The summed E-state index contributed by atoms with van der Waals surface area (Å²) in [7, 11) is 1.62. The number of carboxylic acid groups (broad SMARTS) is 1. The molecule has 0 radical (unpaired) electrons. The van der Waals surface area contributed by atoms with Crippen molar-refractivity contribution in [2.24, 2.45) is 0 Å². The molecular weight excluding hydrogens is 280 g/mol. The lowest BCUT2D eigenvalue weighted by molar-refractivity contribution is -0.137. The van der Waals surface area contributed by atoms with Crippen molar-refractivity contribution in [1.29, 1.82) is 0 Å². The Labute approximate surface area is 130 Å². The summed E-state index contributed by atoms with van der Waals surface area (Å²) in [5, 5.41) is 9.45. The van der Waals surface area contributed by atoms with Crippen LogP contribution in [-0.4, -0.2) is 29.2 Å². The number of anilines is 2. The van der Waals surface area contributed by atoms with Crippen LogP contribution in [-0.2, 0) is 11.2 Å². The van der Waals surface area contributed by atoms with E-state index in [1.54, 1.807) is 37.4 Å². The van der Waals surface area contributed by atoms with Gasteiger partial charge in [-0.05, 0) is 49.2 Å². The molecule has 0 aliphatic carbocycles. The number of ether oxygens (including phenoxy) is 1. The minimum Gasteiger partial charge on any atom is -0.497 e. The van der Waals surface area contributed by atoms with Crippen LogP contribution in [0.15, 0.2) is 42.7 Å². The van der Waals surface area contributed by atoms with Gasteiger partial charge in [0.25, 0.3) is 0 Å². The lowest BCUT2D eigenvalue weighted by Crippen LogP contribution is -2.36. The van der Waals surface area contributed by atoms with Crippen molar-refractivity contribution in [3.05, 3.63) is 48.3 Å². The fourth-order valence-corrected chi connectivity index (χ4v) is 2.39. The van der Waals surface area contributed by atoms with Crippen molar-refractivity contribution in [2.75, 3.05) is 12.0 Å². The first-order chi connectivity index (χ1) is 10.6. The van der Waals surface area contributed by atoms with E-state index in [9.17, 15) is 9.90 Å². The maximum atomic E-state index is 11.5. The highest BCUT2D eigenvalue weighted by Crippen LogP contribution is 2.33. The first-order valence-electron chi connectivity index (χ1n) is 7.17. The second-order valence-electron chi connectivity index (χ2n) is 4.94. The summed E-state index contributed by atoms with van der Waals surface area (Å²) in [5.41, 5.74) is 2.62. The zero-order valence-electron chi connectivity index (χ0n) is 13.0. The van der Waals surface area contributed by atoms with E-state index in [-0.39, 0.29) is 0 Å². The highest BCUT2D eigenvalue weighted by molar-refractivity contribution is 5.83. The standard InChI is InChI=1S/C17H20N2O3/c1-4-13-10-15(22-3)7-8-16(13)19(12(2)17(20)21)14-6-5-9-18-11-14/h5-12H,4H2,1-3H3,(H,20,21)/t12-/m0/s1. The van der Waals surface area contributed by atoms with Gasteiger partial charge < -0.3 is 14.7 Å². The van der Waals surface area contributed by atoms with E-state index in [4.69, 9.17) is 4.74 Å². The van der Waals surface area contributed by atoms with Crippen LogP contribution in [0.4, 0.5) is 11.4 Å². The molecule has 0 bridgehead atoms. The van der Waals surface area contributed by atoms with E-state index < -0.39 is 12.0 Å². The number of hydrogen-bond donors (Lipinski definition) is 1. The molecule has 5 nitrogen and oxygen atoms in total. The Bertz CT molecular complexity index is 644. The van der Waals surface area contributed by atoms with Gasteiger partial charge in [0.1, 0.15) is 11.8 Å². The van der Waals surface area contributed by atoms with Crippen LogP contribution in [0.2, 0.25) is 0 Å². The summed E-state index contributed by atoms with van der Waals surface area (Å²) in [6.07, 6.45) is 4.11. The maximum absolute atomic E-state index is 11.5. The Balaban J connectivity index is 2.57. The fraction of sp³-hybridized carbons (Fsp3) is 0.294. The molecule has 0 saturated heterocycles. The Morgan fingerprint density at radius 1 is 1.41 bits per heavy atom. The zero-order chi connectivity index (χ0) is 16.1. The molecule has 116 valence electrons. The summed E-state index contributed by atoms with van der Waals surface area (Å²) in [5.74, 6) is -0.128. The highest BCUT2D eigenvalue weighted by Gasteiger charge is 2.24. The van der Waals surface area contributed by atoms with Gasteiger partial charge >= 0.3 is 5.97 Å². The molecule has 2 aromatic rings. The van der Waals surface area contributed by atoms with Gasteiger partial charge in [-0.3, -0.25) is 4.98 Å². The third-order valence-electron chi connectivity index (χ3n) is 3.60. The number of hydrogen-bond acceptors (Lipinski definition) is 4. The van der Waals surface area contributed by atoms with Crippen LogP contribution < -0.4 is 9.64 Å². The molecule has 22 heavy (non-hydrogen) atoms. The number of pyridine rings is 1. The number of nitrogens with zero attached hydrogens (tertiary/aromatic N) is 2. The number of benzene rings is 1. The van der Waals surface area contributed by atoms with Crippen LogP contribution in [0, 0.1) is 0 Å². The molecule has 0 spiro atoms. The lowest BCUT2D eigenvalue weighted by Gasteiger charge is -2.30. The third kappa shape index (κ3) is 3.19. The quantitative estimate of drug-likeness (QED) is 0.887. The van der Waals surface area contributed by atoms with Crippen LogP contribution in [0.5, 0.6) is 5.75 Å². The van der Waals surface area contributed by atoms with E-state index >= 15 is 0 Å². The smallest absolute Gasteiger partial charge is 0.326 e. The molecule has 5 heteroatoms. The minimum atomic E-state index is -0.887. The van der Waals surface area contributed by atoms with Crippen molar-refractivity contribution in [3.63, 3.8) is 0 Å². The molecule has 1 aromatic carbocycles. The first kappa shape index (κ1) is 15.8. The number of aromatic nitrogens is 1. The number of carbonyl (C=O) groups is 1. The van der Waals surface area contributed by atoms with Crippen LogP contribution in [0.25, 0.3) is 0 Å². The van der Waals surface area contributed by atoms with Crippen LogP contribution in [0.3, 0.4) is 0 Å². The van der Waals surface area contributed by atoms with E-state index in [1.165, 1.54) is 0 Å². The number of carboxylic acids is 1. The normalized spacial score (nSPS) is 11.8. The highest BCUT2D eigenvalue weighted by atomic mass is 16.5. The predicted octanol–water partition coefficient (Wildman–Crippen LogP) is 3.26. The molecule has 1 heterocycles. The maximum Gasteiger partial charge on any atom is 0.326 e. The molecular formula is C17H20N2O3. The van der Waals surface area contributed by atoms with Crippen LogP contribution >= 0.6 is 0 Å². The van der Waals surface area contributed by atoms with Crippen molar-refractivity contribution in [2.45, 2.75) is 26.3 Å². The number of aliphatic carboxylic acids is 1. The average molecular weight is 300 g/mol. The Morgan fingerprint density at radius 3 is 2.73 bits per heavy atom. The summed E-state index contributed by atoms with van der Waals surface area (Å²) >= 11 is 0. The van der Waals surface area contributed by atoms with Gasteiger partial charge in [0.15, 0.2) is 0 Å². The second-order valence-corrected chi connectivity index (χ2v) is 4.94. The van der Waals surface area contributed by atoms with E-state index in [0.717, 1.165) is 29.1 Å². The number of aryl methyl sites for hydroxylation is 1. The molecule has 0 aliphatic heterocycles. The third-order valence-corrected chi connectivity index (χ3v) is 3.60. The lowest BCUT2D eigenvalue weighted by atomic mass is 10.1. The molecule has 0 amide bonds. The molecule has 0 fully saturated rings. The number of rotatable bonds is 6. The summed E-state index contributed by atoms with van der Waals surface area (Å²) in [6, 6.07) is 8.62. The monoisotopic (exact) mass is 300 g/mol. The SMILES string of the molecule is CCc1cc(OC)ccc1N(c1cccnc1)[C@@H](C)C(=O)O. The van der Waals surface area contributed by atoms with Crippen molar-refractivity contribution < 1.29 is 14.6 Å². The Hall–Kier alpha value is -2.56. The van der Waals surface area contributed by atoms with Gasteiger partial charge in [-0.1, -0.05) is 6.92 Å². The molecule has 1 N–H and O–H groups in total. The molecule has 2 rings (SSSR count). The molecule has 0 saturated carbocycles. The summed E-state index contributed by atoms with van der Waals surface area (Å²) in [4.78, 5) is 17.4. The number of methoxy groups -OCH3 is 1. The fourth-order valence-electron chi connectivity index (χ4n) is 2.39. The molecule has 0 unspecified atom stereocenters. The first-order valence-corrected chi connectivity index (χ1v) is 7.17. The van der Waals surface area contributed by atoms with E-state index in [2.05, 4.69) is 4.98 Å². The van der Waals surface area contributed by atoms with Gasteiger partial charge in [0.05, 0.1) is 19.0 Å². The van der Waals surface area contributed by atoms with Gasteiger partial charge in [0.2, 0.25) is 0 Å². The Kier molecular flexibility index (Phi) is 4.99. The molecule has 1 atom stereocenters. The summed E-state index contributed by atoms with van der Waals surface area (Å²) < 4.78 is 5.26. The molecule has 1 aromatic heterocycles. The van der Waals surface area contributed by atoms with Gasteiger partial charge in [-0.2, -0.15) is 0 Å². The zero-order valence-corrected chi connectivity index (χ0v) is 13.0. The largest absolute Gasteiger partial charge is 0.497 e. The molecule has 0 aliphatic rings. The topological polar surface area (TPSA) is 62.7 Å². The Morgan fingerprint density at radius 2 is 2.18 bits per heavy atom. The summed E-state index contributed by atoms with van der Waals surface area (Å²) in [6.45, 7) is 3.70. The van der Waals surface area contributed by atoms with Gasteiger partial charge in [-0.25, -0.2) is 4.79 Å². The minimum absolute atomic E-state index is 0.706. The van der Waals surface area contributed by atoms with Gasteiger partial charge in [0, 0.05) is 11.9 Å². The van der Waals surface area contributed by atoms with E-state index in [1.807, 2.05) is 31.2 Å². The van der Waals surface area contributed by atoms with E-state index in [0.29, 0.717) is 0 Å². The van der Waals surface area contributed by atoms with Crippen molar-refractivity contribution in [3.8, 4) is 5.75 Å². The van der Waals surface area contributed by atoms with Crippen molar-refractivity contribution in [1.82, 2.24) is 4.98 Å². The second kappa shape index (κ2) is 6.93. The van der Waals surface area contributed by atoms with Crippen molar-refractivity contribution >= 4 is 17.3 Å².